The van der Waals surface area contributed by atoms with Crippen LogP contribution in [-0.2, 0) is 4.79 Å². The summed E-state index contributed by atoms with van der Waals surface area (Å²) in [5, 5.41) is 13.6. The highest BCUT2D eigenvalue weighted by Gasteiger charge is 2.15. The van der Waals surface area contributed by atoms with E-state index >= 15 is 0 Å². The van der Waals surface area contributed by atoms with Gasteiger partial charge in [-0.2, -0.15) is 9.61 Å². The molecule has 0 saturated carbocycles. The molecule has 0 saturated heterocycles. The van der Waals surface area contributed by atoms with Gasteiger partial charge in [-0.15, -0.1) is 10.2 Å². The van der Waals surface area contributed by atoms with E-state index in [2.05, 4.69) is 15.3 Å². The van der Waals surface area contributed by atoms with Crippen molar-refractivity contribution < 1.29 is 9.53 Å². The van der Waals surface area contributed by atoms with Crippen LogP contribution >= 0.6 is 11.8 Å². The zero-order chi connectivity index (χ0) is 20.2. The maximum Gasteiger partial charge on any atom is 0.237 e. The average Bonchev–Trinajstić information content (AvgIpc) is 3.19. The molecule has 4 aromatic rings. The lowest BCUT2D eigenvalue weighted by Gasteiger charge is -2.16. The van der Waals surface area contributed by atoms with Gasteiger partial charge < -0.3 is 9.64 Å². The number of amides is 1. The molecule has 0 aliphatic carbocycles. The van der Waals surface area contributed by atoms with Crippen LogP contribution in [0.15, 0.2) is 71.9 Å². The standard InChI is InChI=1S/C21H19N5O2S/c1-25(16-6-4-3-5-7-16)20(27)14-29-21-23-22-19-13-12-18(24-26(19)21)15-8-10-17(28-2)11-9-15/h3-13H,14H2,1-2H3. The minimum Gasteiger partial charge on any atom is -0.497 e. The lowest BCUT2D eigenvalue weighted by Crippen LogP contribution is -2.27. The fraction of sp³-hybridized carbons (Fsp3) is 0.143. The molecular weight excluding hydrogens is 386 g/mol. The molecule has 0 radical (unpaired) electrons. The van der Waals surface area contributed by atoms with Gasteiger partial charge in [0.05, 0.1) is 18.6 Å². The van der Waals surface area contributed by atoms with Crippen molar-refractivity contribution in [1.29, 1.82) is 0 Å². The number of fused-ring (bicyclic) bond motifs is 1. The Kier molecular flexibility index (Phi) is 5.44. The number of methoxy groups -OCH3 is 1. The predicted octanol–water partition coefficient (Wildman–Crippen LogP) is 3.56. The van der Waals surface area contributed by atoms with E-state index in [0.717, 1.165) is 22.7 Å². The Labute approximate surface area is 172 Å². The zero-order valence-electron chi connectivity index (χ0n) is 16.0. The Morgan fingerprint density at radius 2 is 1.79 bits per heavy atom. The number of anilines is 1. The molecule has 4 rings (SSSR count). The van der Waals surface area contributed by atoms with Crippen LogP contribution in [0.2, 0.25) is 0 Å². The van der Waals surface area contributed by atoms with E-state index in [-0.39, 0.29) is 11.7 Å². The highest BCUT2D eigenvalue weighted by molar-refractivity contribution is 7.99. The number of rotatable bonds is 6. The normalized spacial score (nSPS) is 10.8. The number of para-hydroxylation sites is 1. The summed E-state index contributed by atoms with van der Waals surface area (Å²) in [6.07, 6.45) is 0. The summed E-state index contributed by atoms with van der Waals surface area (Å²) in [6.45, 7) is 0. The van der Waals surface area contributed by atoms with Gasteiger partial charge in [-0.3, -0.25) is 4.79 Å². The van der Waals surface area contributed by atoms with Gasteiger partial charge >= 0.3 is 0 Å². The second-order valence-corrected chi connectivity index (χ2v) is 7.22. The van der Waals surface area contributed by atoms with Gasteiger partial charge in [0.15, 0.2) is 5.65 Å². The molecular formula is C21H19N5O2S. The van der Waals surface area contributed by atoms with E-state index in [4.69, 9.17) is 4.74 Å². The lowest BCUT2D eigenvalue weighted by atomic mass is 10.1. The monoisotopic (exact) mass is 405 g/mol. The topological polar surface area (TPSA) is 72.6 Å². The first kappa shape index (κ1) is 18.9. The second kappa shape index (κ2) is 8.32. The molecule has 29 heavy (non-hydrogen) atoms. The third-order valence-electron chi connectivity index (χ3n) is 4.46. The van der Waals surface area contributed by atoms with E-state index in [1.54, 1.807) is 23.6 Å². The molecule has 0 bridgehead atoms. The minimum atomic E-state index is -0.0238. The van der Waals surface area contributed by atoms with Gasteiger partial charge in [0, 0.05) is 18.3 Å². The number of carbonyl (C=O) groups is 1. The summed E-state index contributed by atoms with van der Waals surface area (Å²) >= 11 is 1.31. The Morgan fingerprint density at radius 3 is 2.52 bits per heavy atom. The predicted molar refractivity (Wildman–Crippen MR) is 113 cm³/mol. The van der Waals surface area contributed by atoms with E-state index in [1.807, 2.05) is 66.7 Å². The molecule has 2 aromatic heterocycles. The summed E-state index contributed by atoms with van der Waals surface area (Å²) in [6, 6.07) is 21.0. The average molecular weight is 405 g/mol. The molecule has 0 N–H and O–H groups in total. The molecule has 0 spiro atoms. The van der Waals surface area contributed by atoms with E-state index in [0.29, 0.717) is 10.8 Å². The SMILES string of the molecule is COc1ccc(-c2ccc3nnc(SCC(=O)N(C)c4ccccc4)n3n2)cc1. The fourth-order valence-electron chi connectivity index (χ4n) is 2.79. The quantitative estimate of drug-likeness (QED) is 0.457. The zero-order valence-corrected chi connectivity index (χ0v) is 16.8. The van der Waals surface area contributed by atoms with Crippen molar-refractivity contribution in [1.82, 2.24) is 19.8 Å². The van der Waals surface area contributed by atoms with Crippen molar-refractivity contribution in [3.05, 3.63) is 66.7 Å². The van der Waals surface area contributed by atoms with Gasteiger partial charge in [-0.1, -0.05) is 30.0 Å². The summed E-state index contributed by atoms with van der Waals surface area (Å²) in [7, 11) is 3.40. The maximum absolute atomic E-state index is 12.5. The van der Waals surface area contributed by atoms with Crippen LogP contribution in [0.3, 0.4) is 0 Å². The summed E-state index contributed by atoms with van der Waals surface area (Å²) in [5.74, 6) is 1.00. The number of hydrogen-bond donors (Lipinski definition) is 0. The highest BCUT2D eigenvalue weighted by Crippen LogP contribution is 2.23. The maximum atomic E-state index is 12.5. The van der Waals surface area contributed by atoms with Crippen molar-refractivity contribution >= 4 is 29.0 Å². The smallest absolute Gasteiger partial charge is 0.237 e. The van der Waals surface area contributed by atoms with Crippen molar-refractivity contribution in [2.75, 3.05) is 24.8 Å². The molecule has 0 aliphatic heterocycles. The van der Waals surface area contributed by atoms with Gasteiger partial charge in [0.2, 0.25) is 11.1 Å². The lowest BCUT2D eigenvalue weighted by molar-refractivity contribution is -0.115. The molecule has 2 heterocycles. The van der Waals surface area contributed by atoms with Crippen LogP contribution in [-0.4, -0.2) is 45.6 Å². The number of ether oxygens (including phenoxy) is 1. The minimum absolute atomic E-state index is 0.0238. The first-order valence-electron chi connectivity index (χ1n) is 8.97. The van der Waals surface area contributed by atoms with Crippen LogP contribution in [0.25, 0.3) is 16.9 Å². The number of hydrogen-bond acceptors (Lipinski definition) is 6. The summed E-state index contributed by atoms with van der Waals surface area (Å²) in [4.78, 5) is 14.2. The van der Waals surface area contributed by atoms with Crippen molar-refractivity contribution in [3.63, 3.8) is 0 Å². The van der Waals surface area contributed by atoms with Crippen LogP contribution < -0.4 is 9.64 Å². The fourth-order valence-corrected chi connectivity index (χ4v) is 3.60. The van der Waals surface area contributed by atoms with Crippen molar-refractivity contribution in [2.45, 2.75) is 5.16 Å². The Balaban J connectivity index is 1.52. The molecule has 7 nitrogen and oxygen atoms in total. The molecule has 0 aliphatic rings. The molecule has 2 aromatic carbocycles. The largest absolute Gasteiger partial charge is 0.497 e. The van der Waals surface area contributed by atoms with E-state index in [1.165, 1.54) is 11.8 Å². The first-order valence-corrected chi connectivity index (χ1v) is 9.95. The number of carbonyl (C=O) groups excluding carboxylic acids is 1. The van der Waals surface area contributed by atoms with Gasteiger partial charge in [-0.25, -0.2) is 0 Å². The van der Waals surface area contributed by atoms with Crippen LogP contribution in [0.1, 0.15) is 0 Å². The van der Waals surface area contributed by atoms with Gasteiger partial charge in [-0.05, 0) is 48.5 Å². The van der Waals surface area contributed by atoms with Gasteiger partial charge in [0.1, 0.15) is 5.75 Å². The molecule has 0 fully saturated rings. The molecule has 146 valence electrons. The number of thioether (sulfide) groups is 1. The highest BCUT2D eigenvalue weighted by atomic mass is 32.2. The molecule has 8 heteroatoms. The Bertz CT molecular complexity index is 1130. The number of benzene rings is 2. The molecule has 1 amide bonds. The Hall–Kier alpha value is -3.39. The van der Waals surface area contributed by atoms with Crippen LogP contribution in [0.5, 0.6) is 5.75 Å². The second-order valence-electron chi connectivity index (χ2n) is 6.28. The van der Waals surface area contributed by atoms with Crippen LogP contribution in [0.4, 0.5) is 5.69 Å². The number of aromatic nitrogens is 4. The van der Waals surface area contributed by atoms with E-state index in [9.17, 15) is 4.79 Å². The molecule has 0 unspecified atom stereocenters. The third kappa shape index (κ3) is 4.07. The third-order valence-corrected chi connectivity index (χ3v) is 5.37. The van der Waals surface area contributed by atoms with E-state index < -0.39 is 0 Å². The summed E-state index contributed by atoms with van der Waals surface area (Å²) < 4.78 is 6.87. The first-order chi connectivity index (χ1) is 14.2. The summed E-state index contributed by atoms with van der Waals surface area (Å²) in [5.41, 5.74) is 3.23. The Morgan fingerprint density at radius 1 is 1.03 bits per heavy atom. The van der Waals surface area contributed by atoms with Crippen molar-refractivity contribution in [2.24, 2.45) is 0 Å². The van der Waals surface area contributed by atoms with Crippen molar-refractivity contribution in [3.8, 4) is 17.0 Å². The molecule has 0 atom stereocenters. The van der Waals surface area contributed by atoms with Gasteiger partial charge in [0.25, 0.3) is 0 Å². The van der Waals surface area contributed by atoms with Crippen LogP contribution in [0, 0.1) is 0 Å². The number of nitrogens with zero attached hydrogens (tertiary/aromatic N) is 5.